The second-order valence-corrected chi connectivity index (χ2v) is 3.38. The highest BCUT2D eigenvalue weighted by Gasteiger charge is 2.04. The summed E-state index contributed by atoms with van der Waals surface area (Å²) < 4.78 is 0. The van der Waals surface area contributed by atoms with Gasteiger partial charge in [0.15, 0.2) is 0 Å². The molecule has 0 aliphatic carbocycles. The van der Waals surface area contributed by atoms with Gasteiger partial charge in [0.05, 0.1) is 0 Å². The first-order chi connectivity index (χ1) is 6.00. The third kappa shape index (κ3) is 2.28. The average Bonchev–Trinajstić information content (AvgIpc) is 2.01. The van der Waals surface area contributed by atoms with Crippen LogP contribution in [0, 0.1) is 19.3 Å². The van der Waals surface area contributed by atoms with Crippen molar-refractivity contribution >= 4 is 5.84 Å². The Morgan fingerprint density at radius 3 is 2.08 bits per heavy atom. The summed E-state index contributed by atoms with van der Waals surface area (Å²) in [6.45, 7) is 3.89. The molecule has 0 aromatic carbocycles. The Kier molecular flexibility index (Phi) is 2.66. The molecule has 0 unspecified atom stereocenters. The van der Waals surface area contributed by atoms with Crippen LogP contribution in [0.1, 0.15) is 17.0 Å². The van der Waals surface area contributed by atoms with Gasteiger partial charge in [0.1, 0.15) is 5.84 Å². The molecular formula is C10H15N3. The lowest BCUT2D eigenvalue weighted by molar-refractivity contribution is 0.619. The molecule has 0 fully saturated rings. The molecule has 0 spiro atoms. The first-order valence-corrected chi connectivity index (χ1v) is 4.22. The number of aryl methyl sites for hydroxylation is 2. The van der Waals surface area contributed by atoms with E-state index in [0.717, 1.165) is 17.0 Å². The lowest BCUT2D eigenvalue weighted by Crippen LogP contribution is -2.22. The lowest BCUT2D eigenvalue weighted by Gasteiger charge is -2.14. The minimum absolute atomic E-state index is 0.522. The van der Waals surface area contributed by atoms with E-state index < -0.39 is 0 Å². The molecule has 0 amide bonds. The summed E-state index contributed by atoms with van der Waals surface area (Å²) >= 11 is 0. The SMILES string of the molecule is Cc1cc(C(=N)N(C)C)cc(C)n1. The molecule has 70 valence electrons. The standard InChI is InChI=1S/C10H15N3/c1-7-5-9(6-8(2)12-7)10(11)13(3)4/h5-6,11H,1-4H3. The topological polar surface area (TPSA) is 40.0 Å². The highest BCUT2D eigenvalue weighted by molar-refractivity contribution is 5.96. The van der Waals surface area contributed by atoms with Gasteiger partial charge in [-0.25, -0.2) is 0 Å². The number of aromatic nitrogens is 1. The summed E-state index contributed by atoms with van der Waals surface area (Å²) in [5, 5.41) is 7.78. The molecule has 0 atom stereocenters. The van der Waals surface area contributed by atoms with Crippen LogP contribution in [0.2, 0.25) is 0 Å². The van der Waals surface area contributed by atoms with Gasteiger partial charge in [-0.05, 0) is 26.0 Å². The zero-order chi connectivity index (χ0) is 10.0. The molecular weight excluding hydrogens is 162 g/mol. The summed E-state index contributed by atoms with van der Waals surface area (Å²) in [6.07, 6.45) is 0. The van der Waals surface area contributed by atoms with Gasteiger partial charge in [0.2, 0.25) is 0 Å². The number of nitrogens with one attached hydrogen (secondary N) is 1. The molecule has 0 saturated carbocycles. The van der Waals surface area contributed by atoms with Crippen molar-refractivity contribution < 1.29 is 0 Å². The predicted molar refractivity (Wildman–Crippen MR) is 54.2 cm³/mol. The van der Waals surface area contributed by atoms with E-state index in [1.165, 1.54) is 0 Å². The monoisotopic (exact) mass is 177 g/mol. The van der Waals surface area contributed by atoms with E-state index in [4.69, 9.17) is 5.41 Å². The number of nitrogens with zero attached hydrogens (tertiary/aromatic N) is 2. The Balaban J connectivity index is 3.08. The van der Waals surface area contributed by atoms with Gasteiger partial charge < -0.3 is 4.90 Å². The van der Waals surface area contributed by atoms with Gasteiger partial charge in [-0.15, -0.1) is 0 Å². The summed E-state index contributed by atoms with van der Waals surface area (Å²) in [7, 11) is 3.74. The van der Waals surface area contributed by atoms with Gasteiger partial charge in [-0.3, -0.25) is 10.4 Å². The van der Waals surface area contributed by atoms with Crippen LogP contribution in [-0.2, 0) is 0 Å². The summed E-state index contributed by atoms with van der Waals surface area (Å²) in [6, 6.07) is 3.85. The van der Waals surface area contributed by atoms with Crippen LogP contribution in [0.5, 0.6) is 0 Å². The van der Waals surface area contributed by atoms with Crippen LogP contribution in [0.3, 0.4) is 0 Å². The van der Waals surface area contributed by atoms with E-state index in [2.05, 4.69) is 4.98 Å². The largest absolute Gasteiger partial charge is 0.363 e. The lowest BCUT2D eigenvalue weighted by atomic mass is 10.2. The summed E-state index contributed by atoms with van der Waals surface area (Å²) in [4.78, 5) is 6.05. The highest BCUT2D eigenvalue weighted by atomic mass is 15.1. The summed E-state index contributed by atoms with van der Waals surface area (Å²) in [5.74, 6) is 0.522. The fraction of sp³-hybridized carbons (Fsp3) is 0.400. The molecule has 0 aliphatic rings. The van der Waals surface area contributed by atoms with Crippen LogP contribution >= 0.6 is 0 Å². The van der Waals surface area contributed by atoms with Crippen LogP contribution in [0.15, 0.2) is 12.1 Å². The Bertz CT molecular complexity index is 309. The normalized spacial score (nSPS) is 9.85. The van der Waals surface area contributed by atoms with Gasteiger partial charge in [-0.2, -0.15) is 0 Å². The molecule has 3 nitrogen and oxygen atoms in total. The van der Waals surface area contributed by atoms with Crippen molar-refractivity contribution in [1.82, 2.24) is 9.88 Å². The van der Waals surface area contributed by atoms with E-state index in [0.29, 0.717) is 5.84 Å². The molecule has 1 heterocycles. The number of hydrogen-bond donors (Lipinski definition) is 1. The van der Waals surface area contributed by atoms with Crippen molar-refractivity contribution in [3.05, 3.63) is 29.1 Å². The van der Waals surface area contributed by atoms with Crippen LogP contribution < -0.4 is 0 Å². The summed E-state index contributed by atoms with van der Waals surface area (Å²) in [5.41, 5.74) is 2.85. The average molecular weight is 177 g/mol. The van der Waals surface area contributed by atoms with Gasteiger partial charge in [0.25, 0.3) is 0 Å². The Hall–Kier alpha value is -1.38. The maximum atomic E-state index is 7.78. The van der Waals surface area contributed by atoms with Crippen molar-refractivity contribution in [2.45, 2.75) is 13.8 Å². The maximum Gasteiger partial charge on any atom is 0.127 e. The van der Waals surface area contributed by atoms with Crippen LogP contribution in [0.4, 0.5) is 0 Å². The van der Waals surface area contributed by atoms with Crippen molar-refractivity contribution in [2.24, 2.45) is 0 Å². The van der Waals surface area contributed by atoms with E-state index in [-0.39, 0.29) is 0 Å². The maximum absolute atomic E-state index is 7.78. The van der Waals surface area contributed by atoms with Crippen molar-refractivity contribution in [3.8, 4) is 0 Å². The zero-order valence-electron chi connectivity index (χ0n) is 8.55. The second-order valence-electron chi connectivity index (χ2n) is 3.38. The molecule has 1 N–H and O–H groups in total. The van der Waals surface area contributed by atoms with E-state index in [1.807, 2.05) is 40.1 Å². The highest BCUT2D eigenvalue weighted by Crippen LogP contribution is 2.06. The Morgan fingerprint density at radius 1 is 1.23 bits per heavy atom. The minimum atomic E-state index is 0.522. The minimum Gasteiger partial charge on any atom is -0.363 e. The fourth-order valence-corrected chi connectivity index (χ4v) is 1.23. The quantitative estimate of drug-likeness (QED) is 0.522. The van der Waals surface area contributed by atoms with Gasteiger partial charge in [0, 0.05) is 31.0 Å². The number of pyridine rings is 1. The van der Waals surface area contributed by atoms with Crippen LogP contribution in [0.25, 0.3) is 0 Å². The van der Waals surface area contributed by atoms with Gasteiger partial charge in [-0.1, -0.05) is 0 Å². The molecule has 0 aliphatic heterocycles. The first kappa shape index (κ1) is 9.71. The van der Waals surface area contributed by atoms with E-state index >= 15 is 0 Å². The molecule has 3 heteroatoms. The number of hydrogen-bond acceptors (Lipinski definition) is 2. The van der Waals surface area contributed by atoms with Crippen molar-refractivity contribution in [3.63, 3.8) is 0 Å². The molecule has 0 radical (unpaired) electrons. The second kappa shape index (κ2) is 3.56. The van der Waals surface area contributed by atoms with Crippen molar-refractivity contribution in [2.75, 3.05) is 14.1 Å². The number of amidine groups is 1. The van der Waals surface area contributed by atoms with E-state index in [9.17, 15) is 0 Å². The predicted octanol–water partition coefficient (Wildman–Crippen LogP) is 1.59. The third-order valence-corrected chi connectivity index (χ3v) is 1.80. The smallest absolute Gasteiger partial charge is 0.127 e. The molecule has 1 rings (SSSR count). The van der Waals surface area contributed by atoms with Crippen LogP contribution in [-0.4, -0.2) is 29.8 Å². The zero-order valence-corrected chi connectivity index (χ0v) is 8.55. The van der Waals surface area contributed by atoms with E-state index in [1.54, 1.807) is 4.90 Å². The molecule has 13 heavy (non-hydrogen) atoms. The number of rotatable bonds is 1. The molecule has 1 aromatic rings. The Morgan fingerprint density at radius 2 is 1.69 bits per heavy atom. The third-order valence-electron chi connectivity index (χ3n) is 1.80. The molecule has 0 saturated heterocycles. The Labute approximate surface area is 78.9 Å². The van der Waals surface area contributed by atoms with Gasteiger partial charge >= 0.3 is 0 Å². The first-order valence-electron chi connectivity index (χ1n) is 4.22. The fourth-order valence-electron chi connectivity index (χ4n) is 1.23. The molecule has 0 bridgehead atoms. The van der Waals surface area contributed by atoms with Crippen molar-refractivity contribution in [1.29, 1.82) is 5.41 Å². The molecule has 1 aromatic heterocycles.